The molecule has 0 saturated carbocycles. The van der Waals surface area contributed by atoms with Gasteiger partial charge in [0.15, 0.2) is 0 Å². The Labute approximate surface area is 133 Å². The fourth-order valence-electron chi connectivity index (χ4n) is 2.30. The molecule has 3 rings (SSSR count). The van der Waals surface area contributed by atoms with Crippen LogP contribution >= 0.6 is 0 Å². The van der Waals surface area contributed by atoms with Gasteiger partial charge in [0.25, 0.3) is 5.56 Å². The lowest BCUT2D eigenvalue weighted by atomic mass is 10.2. The minimum atomic E-state index is -0.157. The zero-order chi connectivity index (χ0) is 16.4. The van der Waals surface area contributed by atoms with E-state index in [4.69, 9.17) is 0 Å². The van der Waals surface area contributed by atoms with Crippen LogP contribution in [0.4, 0.5) is 5.69 Å². The number of benzene rings is 2. The zero-order valence-electron chi connectivity index (χ0n) is 12.9. The van der Waals surface area contributed by atoms with Gasteiger partial charge in [-0.15, -0.1) is 0 Å². The van der Waals surface area contributed by atoms with Crippen LogP contribution in [-0.2, 0) is 0 Å². The third-order valence-corrected chi connectivity index (χ3v) is 3.58. The Balaban J connectivity index is 1.98. The van der Waals surface area contributed by atoms with E-state index >= 15 is 0 Å². The summed E-state index contributed by atoms with van der Waals surface area (Å²) in [4.78, 5) is 16.8. The van der Waals surface area contributed by atoms with Crippen molar-refractivity contribution >= 4 is 11.9 Å². The van der Waals surface area contributed by atoms with Gasteiger partial charge in [0, 0.05) is 18.0 Å². The van der Waals surface area contributed by atoms with Crippen molar-refractivity contribution in [2.75, 3.05) is 0 Å². The van der Waals surface area contributed by atoms with E-state index in [1.165, 1.54) is 17.0 Å². The number of aliphatic imine (C=N–C) groups is 1. The quantitative estimate of drug-likeness (QED) is 0.729. The minimum absolute atomic E-state index is 0.141. The fourth-order valence-corrected chi connectivity index (χ4v) is 2.30. The van der Waals surface area contributed by atoms with Crippen molar-refractivity contribution in [2.24, 2.45) is 4.99 Å². The first kappa shape index (κ1) is 14.8. The van der Waals surface area contributed by atoms with Gasteiger partial charge in [-0.3, -0.25) is 14.9 Å². The summed E-state index contributed by atoms with van der Waals surface area (Å²) in [5.41, 5.74) is 3.58. The molecule has 3 aromatic rings. The van der Waals surface area contributed by atoms with Crippen molar-refractivity contribution in [2.45, 2.75) is 13.8 Å². The lowest BCUT2D eigenvalue weighted by molar-refractivity contribution is 0.475. The predicted molar refractivity (Wildman–Crippen MR) is 91.2 cm³/mol. The molecule has 0 bridgehead atoms. The Morgan fingerprint density at radius 1 is 1.13 bits per heavy atom. The van der Waals surface area contributed by atoms with Crippen LogP contribution in [0.1, 0.15) is 16.8 Å². The second-order valence-electron chi connectivity index (χ2n) is 5.40. The van der Waals surface area contributed by atoms with Gasteiger partial charge >= 0.3 is 0 Å². The van der Waals surface area contributed by atoms with Crippen molar-refractivity contribution in [3.8, 4) is 11.4 Å². The normalized spacial score (nSPS) is 11.2. The van der Waals surface area contributed by atoms with E-state index in [9.17, 15) is 9.90 Å². The fraction of sp³-hybridized carbons (Fsp3) is 0.111. The number of nitrogens with zero attached hydrogens (tertiary/aromatic N) is 2. The van der Waals surface area contributed by atoms with Crippen LogP contribution in [-0.4, -0.2) is 21.1 Å². The van der Waals surface area contributed by atoms with Gasteiger partial charge in [0.1, 0.15) is 5.75 Å². The molecule has 0 aliphatic heterocycles. The molecule has 0 saturated heterocycles. The topological polar surface area (TPSA) is 70.4 Å². The third-order valence-electron chi connectivity index (χ3n) is 3.58. The van der Waals surface area contributed by atoms with E-state index in [2.05, 4.69) is 10.1 Å². The van der Waals surface area contributed by atoms with Crippen LogP contribution in [0, 0.1) is 13.8 Å². The molecule has 1 heterocycles. The number of H-pyrrole nitrogens is 1. The van der Waals surface area contributed by atoms with E-state index < -0.39 is 0 Å². The number of phenolic OH excluding ortho intramolecular Hbond substituents is 1. The molecule has 2 aromatic carbocycles. The van der Waals surface area contributed by atoms with E-state index in [-0.39, 0.29) is 11.3 Å². The molecule has 0 aliphatic rings. The largest absolute Gasteiger partial charge is 0.508 e. The lowest BCUT2D eigenvalue weighted by Crippen LogP contribution is -2.17. The average molecular weight is 307 g/mol. The number of aromatic nitrogens is 2. The summed E-state index contributed by atoms with van der Waals surface area (Å²) in [5, 5.41) is 12.5. The first-order chi connectivity index (χ1) is 11.0. The van der Waals surface area contributed by atoms with Gasteiger partial charge in [-0.1, -0.05) is 23.8 Å². The van der Waals surface area contributed by atoms with Gasteiger partial charge in [-0.05, 0) is 38.1 Å². The number of hydrogen-bond donors (Lipinski definition) is 2. The molecule has 116 valence electrons. The van der Waals surface area contributed by atoms with Crippen LogP contribution in [0.5, 0.6) is 5.75 Å². The molecule has 0 spiro atoms. The maximum absolute atomic E-state index is 12.6. The predicted octanol–water partition coefficient (Wildman–Crippen LogP) is 3.24. The molecular formula is C18H17N3O2. The highest BCUT2D eigenvalue weighted by Crippen LogP contribution is 2.18. The van der Waals surface area contributed by atoms with E-state index in [1.807, 2.05) is 38.1 Å². The Kier molecular flexibility index (Phi) is 3.85. The zero-order valence-corrected chi connectivity index (χ0v) is 12.9. The number of aryl methyl sites for hydroxylation is 2. The van der Waals surface area contributed by atoms with Crippen LogP contribution in [0.25, 0.3) is 5.69 Å². The number of rotatable bonds is 3. The molecule has 23 heavy (non-hydrogen) atoms. The summed E-state index contributed by atoms with van der Waals surface area (Å²) < 4.78 is 1.50. The van der Waals surface area contributed by atoms with E-state index in [0.29, 0.717) is 11.3 Å². The highest BCUT2D eigenvalue weighted by atomic mass is 16.3. The highest BCUT2D eigenvalue weighted by molar-refractivity contribution is 5.83. The second-order valence-corrected chi connectivity index (χ2v) is 5.40. The average Bonchev–Trinajstić information content (AvgIpc) is 2.81. The van der Waals surface area contributed by atoms with Gasteiger partial charge in [0.05, 0.1) is 16.9 Å². The molecule has 5 heteroatoms. The third kappa shape index (κ3) is 3.08. The number of hydrogen-bond acceptors (Lipinski definition) is 3. The summed E-state index contributed by atoms with van der Waals surface area (Å²) in [6, 6.07) is 14.3. The summed E-state index contributed by atoms with van der Waals surface area (Å²) in [5.74, 6) is 0.141. The Bertz CT molecular complexity index is 918. The van der Waals surface area contributed by atoms with Crippen molar-refractivity contribution in [1.29, 1.82) is 0 Å². The van der Waals surface area contributed by atoms with Crippen molar-refractivity contribution in [1.82, 2.24) is 9.78 Å². The van der Waals surface area contributed by atoms with Crippen molar-refractivity contribution in [3.05, 3.63) is 75.7 Å². The maximum atomic E-state index is 12.6. The second kappa shape index (κ2) is 5.96. The van der Waals surface area contributed by atoms with Crippen LogP contribution < -0.4 is 5.56 Å². The molecule has 0 atom stereocenters. The van der Waals surface area contributed by atoms with Gasteiger partial charge in [-0.25, -0.2) is 4.68 Å². The SMILES string of the molecule is Cc1ccc(-n2[nH]c(C)c(C=Nc3cccc(O)c3)c2=O)cc1. The van der Waals surface area contributed by atoms with Gasteiger partial charge in [0.2, 0.25) is 0 Å². The lowest BCUT2D eigenvalue weighted by Gasteiger charge is -2.01. The van der Waals surface area contributed by atoms with Crippen molar-refractivity contribution < 1.29 is 5.11 Å². The van der Waals surface area contributed by atoms with E-state index in [0.717, 1.165) is 16.9 Å². The molecule has 0 fully saturated rings. The molecule has 1 aromatic heterocycles. The summed E-state index contributed by atoms with van der Waals surface area (Å²) in [6.45, 7) is 3.83. The molecule has 5 nitrogen and oxygen atoms in total. The first-order valence-electron chi connectivity index (χ1n) is 7.26. The Morgan fingerprint density at radius 3 is 2.57 bits per heavy atom. The smallest absolute Gasteiger partial charge is 0.280 e. The monoisotopic (exact) mass is 307 g/mol. The Morgan fingerprint density at radius 2 is 1.87 bits per heavy atom. The van der Waals surface area contributed by atoms with Crippen LogP contribution in [0.3, 0.4) is 0 Å². The molecule has 0 radical (unpaired) electrons. The number of nitrogens with one attached hydrogen (secondary N) is 1. The van der Waals surface area contributed by atoms with E-state index in [1.54, 1.807) is 18.2 Å². The standard InChI is InChI=1S/C18H17N3O2/c1-12-6-8-15(9-7-12)21-18(23)17(13(2)20-21)11-19-14-4-3-5-16(22)10-14/h3-11,20,22H,1-2H3. The minimum Gasteiger partial charge on any atom is -0.508 e. The van der Waals surface area contributed by atoms with Crippen molar-refractivity contribution in [3.63, 3.8) is 0 Å². The molecule has 0 unspecified atom stereocenters. The van der Waals surface area contributed by atoms with Gasteiger partial charge in [-0.2, -0.15) is 0 Å². The maximum Gasteiger partial charge on any atom is 0.280 e. The van der Waals surface area contributed by atoms with Crippen LogP contribution in [0.15, 0.2) is 58.3 Å². The number of aromatic hydroxyl groups is 1. The number of phenols is 1. The molecular weight excluding hydrogens is 290 g/mol. The molecule has 2 N–H and O–H groups in total. The molecule has 0 amide bonds. The highest BCUT2D eigenvalue weighted by Gasteiger charge is 2.10. The Hall–Kier alpha value is -3.08. The first-order valence-corrected chi connectivity index (χ1v) is 7.26. The summed E-state index contributed by atoms with van der Waals surface area (Å²) in [6.07, 6.45) is 1.52. The summed E-state index contributed by atoms with van der Waals surface area (Å²) in [7, 11) is 0. The van der Waals surface area contributed by atoms with Crippen LogP contribution in [0.2, 0.25) is 0 Å². The van der Waals surface area contributed by atoms with Gasteiger partial charge < -0.3 is 5.11 Å². The number of aromatic amines is 1. The molecule has 0 aliphatic carbocycles. The summed E-state index contributed by atoms with van der Waals surface area (Å²) >= 11 is 0.